The number of hydrogen-bond acceptors (Lipinski definition) is 17. The second-order valence-corrected chi connectivity index (χ2v) is 6.31. The van der Waals surface area contributed by atoms with Gasteiger partial charge in [-0.25, -0.2) is 48.3 Å². The van der Waals surface area contributed by atoms with E-state index in [9.17, 15) is 28.8 Å². The highest BCUT2D eigenvalue weighted by molar-refractivity contribution is 6.33. The molecule has 0 radical (unpaired) electrons. The molecule has 220 valence electrons. The molecule has 3 aromatic rings. The number of para-hydroxylation sites is 3. The molecule has 0 amide bonds. The molecule has 17 nitrogen and oxygen atoms in total. The van der Waals surface area contributed by atoms with Crippen LogP contribution in [0.25, 0.3) is 0 Å². The number of aromatic hydroxyl groups is 1. The molecule has 2 heterocycles. The van der Waals surface area contributed by atoms with Crippen LogP contribution < -0.4 is 9.47 Å². The zero-order chi connectivity index (χ0) is 31.8. The largest absolute Gasteiger partial charge is 0.508 e. The lowest BCUT2D eigenvalue weighted by molar-refractivity contribution is -0.296. The summed E-state index contributed by atoms with van der Waals surface area (Å²) in [5.74, 6) is -4.87. The van der Waals surface area contributed by atoms with Gasteiger partial charge in [-0.1, -0.05) is 54.6 Å². The van der Waals surface area contributed by atoms with Crippen molar-refractivity contribution in [2.45, 2.75) is 0 Å². The first-order chi connectivity index (χ1) is 20.2. The number of benzene rings is 3. The highest BCUT2D eigenvalue weighted by Crippen LogP contribution is 2.11. The van der Waals surface area contributed by atoms with Crippen LogP contribution in [0.3, 0.4) is 0 Å². The summed E-state index contributed by atoms with van der Waals surface area (Å²) >= 11 is 0. The fourth-order valence-corrected chi connectivity index (χ4v) is 1.92. The van der Waals surface area contributed by atoms with Crippen molar-refractivity contribution in [1.82, 2.24) is 0 Å². The minimum absolute atomic E-state index is 0.250. The molecule has 0 atom stereocenters. The molecule has 2 saturated heterocycles. The van der Waals surface area contributed by atoms with Gasteiger partial charge < -0.3 is 14.6 Å². The molecule has 2 fully saturated rings. The monoisotopic (exact) mass is 590 g/mol. The average molecular weight is 590 g/mol. The van der Waals surface area contributed by atoms with Crippen LogP contribution in [0.15, 0.2) is 91.0 Å². The lowest BCUT2D eigenvalue weighted by atomic mass is 10.3. The van der Waals surface area contributed by atoms with Crippen molar-refractivity contribution >= 4 is 42.0 Å². The van der Waals surface area contributed by atoms with Crippen LogP contribution in [-0.2, 0) is 57.9 Å². The predicted octanol–water partition coefficient (Wildman–Crippen LogP) is 1.03. The second kappa shape index (κ2) is 21.5. The fraction of sp³-hybridized carbons (Fsp3) is 0. The number of esters is 2. The average Bonchev–Trinajstić information content (AvgIpc) is 3.03. The molecule has 5 rings (SSSR count). The summed E-state index contributed by atoms with van der Waals surface area (Å²) in [4.78, 5) is 91.4. The quantitative estimate of drug-likeness (QED) is 0.124. The van der Waals surface area contributed by atoms with Crippen molar-refractivity contribution in [1.29, 1.82) is 0 Å². The lowest BCUT2D eigenvalue weighted by Gasteiger charge is -2.04. The van der Waals surface area contributed by atoms with Gasteiger partial charge in [0.1, 0.15) is 17.2 Å². The van der Waals surface area contributed by atoms with Gasteiger partial charge in [-0.15, -0.1) is 0 Å². The summed E-state index contributed by atoms with van der Waals surface area (Å²) in [6, 6.07) is 25.4. The van der Waals surface area contributed by atoms with E-state index >= 15 is 0 Å². The fourth-order valence-electron chi connectivity index (χ4n) is 1.92. The normalized spacial score (nSPS) is 11.0. The number of carbonyl (C=O) groups is 6. The number of ether oxygens (including phenoxy) is 2. The van der Waals surface area contributed by atoms with Crippen molar-refractivity contribution < 1.29 is 83.0 Å². The Morgan fingerprint density at radius 2 is 0.762 bits per heavy atom. The molecule has 0 bridgehead atoms. The van der Waals surface area contributed by atoms with Crippen LogP contribution in [0.1, 0.15) is 0 Å². The maximum atomic E-state index is 11.4. The zero-order valence-electron chi connectivity index (χ0n) is 20.7. The molecule has 2 aliphatic rings. The summed E-state index contributed by atoms with van der Waals surface area (Å²) in [5, 5.41) is 20.6. The molecule has 3 aromatic carbocycles. The Morgan fingerprint density at radius 1 is 0.524 bits per heavy atom. The molecular weight excluding hydrogens is 572 g/mol. The van der Waals surface area contributed by atoms with Gasteiger partial charge in [0.15, 0.2) is 0 Å². The van der Waals surface area contributed by atoms with Gasteiger partial charge >= 0.3 is 42.0 Å². The minimum atomic E-state index is -1.05. The Balaban J connectivity index is 0.000000575. The SMILES string of the molecule is O=C(Oc1ccccc1)C(=O)Oc1ccccc1.O=C1OOC1=O.O=C1OOC1=O.O=C=O.OO.Oc1ccccc1. The zero-order valence-corrected chi connectivity index (χ0v) is 20.7. The molecule has 0 saturated carbocycles. The number of phenols is 1. The van der Waals surface area contributed by atoms with Gasteiger partial charge in [0.2, 0.25) is 0 Å². The third kappa shape index (κ3) is 15.7. The minimum Gasteiger partial charge on any atom is -0.508 e. The van der Waals surface area contributed by atoms with Gasteiger partial charge in [0.25, 0.3) is 0 Å². The van der Waals surface area contributed by atoms with Crippen LogP contribution in [0.4, 0.5) is 0 Å². The van der Waals surface area contributed by atoms with Crippen LogP contribution >= 0.6 is 0 Å². The Hall–Kier alpha value is -6.42. The Labute approximate surface area is 233 Å². The van der Waals surface area contributed by atoms with E-state index < -0.39 is 35.8 Å². The molecule has 3 N–H and O–H groups in total. The van der Waals surface area contributed by atoms with Gasteiger partial charge in [-0.3, -0.25) is 10.5 Å². The van der Waals surface area contributed by atoms with E-state index in [4.69, 9.17) is 34.7 Å². The summed E-state index contributed by atoms with van der Waals surface area (Å²) in [6.07, 6.45) is 0.250. The summed E-state index contributed by atoms with van der Waals surface area (Å²) in [6.45, 7) is 0. The smallest absolute Gasteiger partial charge is 0.467 e. The van der Waals surface area contributed by atoms with Crippen molar-refractivity contribution in [3.63, 3.8) is 0 Å². The highest BCUT2D eigenvalue weighted by atomic mass is 17.3. The van der Waals surface area contributed by atoms with Crippen molar-refractivity contribution in [2.24, 2.45) is 0 Å². The lowest BCUT2D eigenvalue weighted by Crippen LogP contribution is -2.31. The molecule has 2 aliphatic heterocycles. The molecule has 0 aliphatic carbocycles. The van der Waals surface area contributed by atoms with Crippen LogP contribution in [0.2, 0.25) is 0 Å². The third-order valence-electron chi connectivity index (χ3n) is 3.55. The van der Waals surface area contributed by atoms with Gasteiger partial charge in [-0.2, -0.15) is 9.59 Å². The van der Waals surface area contributed by atoms with E-state index in [2.05, 4.69) is 19.6 Å². The van der Waals surface area contributed by atoms with E-state index in [1.165, 1.54) is 0 Å². The van der Waals surface area contributed by atoms with E-state index in [0.717, 1.165) is 0 Å². The highest BCUT2D eigenvalue weighted by Gasteiger charge is 2.32. The maximum Gasteiger partial charge on any atom is 0.467 e. The molecule has 0 spiro atoms. The maximum absolute atomic E-state index is 11.4. The first-order valence-corrected chi connectivity index (χ1v) is 10.5. The van der Waals surface area contributed by atoms with E-state index in [-0.39, 0.29) is 6.15 Å². The molecule has 0 aromatic heterocycles. The van der Waals surface area contributed by atoms with Crippen molar-refractivity contribution in [2.75, 3.05) is 0 Å². The number of carbonyl (C=O) groups excluding carboxylic acids is 8. The van der Waals surface area contributed by atoms with E-state index in [0.29, 0.717) is 17.2 Å². The number of rotatable bonds is 2. The Kier molecular flexibility index (Phi) is 18.2. The topological polar surface area (TPSA) is 253 Å². The first kappa shape index (κ1) is 35.6. The second-order valence-electron chi connectivity index (χ2n) is 6.31. The summed E-state index contributed by atoms with van der Waals surface area (Å²) in [7, 11) is 0. The molecule has 42 heavy (non-hydrogen) atoms. The van der Waals surface area contributed by atoms with Crippen molar-refractivity contribution in [3.05, 3.63) is 91.0 Å². The number of hydrogen-bond donors (Lipinski definition) is 3. The van der Waals surface area contributed by atoms with E-state index in [1.54, 1.807) is 84.9 Å². The Morgan fingerprint density at radius 3 is 0.929 bits per heavy atom. The van der Waals surface area contributed by atoms with E-state index in [1.807, 2.05) is 6.07 Å². The third-order valence-corrected chi connectivity index (χ3v) is 3.55. The van der Waals surface area contributed by atoms with Crippen LogP contribution in [0, 0.1) is 0 Å². The van der Waals surface area contributed by atoms with Crippen LogP contribution in [0.5, 0.6) is 17.2 Å². The first-order valence-electron chi connectivity index (χ1n) is 10.5. The molecular formula is C25H18O17. The Bertz CT molecular complexity index is 1210. The standard InChI is InChI=1S/C14H10O4.C6H6O.2C2O4.CO2.H2O2/c15-13(17-11-7-3-1-4-8-11)14(16)18-12-9-5-2-6-10-12;7-6-4-2-1-3-5-6;2*3-1-2(4)6-5-1;2-1-3;1-2/h1-10H;1-5,7H;;;;1-2H. The predicted molar refractivity (Wildman–Crippen MR) is 127 cm³/mol. The summed E-state index contributed by atoms with van der Waals surface area (Å²) in [5.41, 5.74) is 0. The molecule has 0 unspecified atom stereocenters. The number of phenolic OH excluding ortho intramolecular Hbond substituents is 1. The molecule has 17 heteroatoms. The summed E-state index contributed by atoms with van der Waals surface area (Å²) < 4.78 is 9.67. The van der Waals surface area contributed by atoms with Crippen molar-refractivity contribution in [3.8, 4) is 17.2 Å². The van der Waals surface area contributed by atoms with Gasteiger partial charge in [0.05, 0.1) is 0 Å². The van der Waals surface area contributed by atoms with Gasteiger partial charge in [0, 0.05) is 0 Å². The van der Waals surface area contributed by atoms with Crippen LogP contribution in [-0.4, -0.2) is 57.6 Å². The van der Waals surface area contributed by atoms with Gasteiger partial charge in [-0.05, 0) is 36.4 Å².